The highest BCUT2D eigenvalue weighted by Gasteiger charge is 2.22. The molecule has 0 aromatic carbocycles. The van der Waals surface area contributed by atoms with Crippen molar-refractivity contribution in [3.63, 3.8) is 0 Å². The molecule has 0 aromatic heterocycles. The average molecular weight is 214 g/mol. The van der Waals surface area contributed by atoms with E-state index in [1.54, 1.807) is 6.92 Å². The average Bonchev–Trinajstić information content (AvgIpc) is 2.26. The van der Waals surface area contributed by atoms with E-state index in [1.807, 2.05) is 0 Å². The Morgan fingerprint density at radius 2 is 2.07 bits per heavy atom. The summed E-state index contributed by atoms with van der Waals surface area (Å²) in [4.78, 5) is 11.2. The first-order chi connectivity index (χ1) is 7.11. The summed E-state index contributed by atoms with van der Waals surface area (Å²) in [6, 6.07) is -0.497. The van der Waals surface area contributed by atoms with Gasteiger partial charge in [-0.15, -0.1) is 0 Å². The lowest BCUT2D eigenvalue weighted by molar-refractivity contribution is -0.122. The molecule has 0 saturated heterocycles. The van der Waals surface area contributed by atoms with Crippen molar-refractivity contribution in [1.82, 2.24) is 5.32 Å². The fraction of sp³-hybridized carbons (Fsp3) is 0.909. The Morgan fingerprint density at radius 1 is 1.47 bits per heavy atom. The molecule has 15 heavy (non-hydrogen) atoms. The summed E-state index contributed by atoms with van der Waals surface area (Å²) >= 11 is 0. The molecule has 0 heterocycles. The van der Waals surface area contributed by atoms with Gasteiger partial charge < -0.3 is 16.2 Å². The Labute approximate surface area is 91.2 Å². The van der Waals surface area contributed by atoms with Crippen LogP contribution in [0.2, 0.25) is 0 Å². The number of nitrogens with one attached hydrogen (secondary N) is 1. The minimum Gasteiger partial charge on any atom is -0.391 e. The Kier molecular flexibility index (Phi) is 5.05. The van der Waals surface area contributed by atoms with Crippen LogP contribution in [0.4, 0.5) is 0 Å². The number of rotatable bonds is 4. The highest BCUT2D eigenvalue weighted by atomic mass is 16.3. The lowest BCUT2D eigenvalue weighted by Gasteiger charge is -2.26. The summed E-state index contributed by atoms with van der Waals surface area (Å²) < 4.78 is 0. The van der Waals surface area contributed by atoms with Crippen LogP contribution in [0.3, 0.4) is 0 Å². The number of carbonyl (C=O) groups is 1. The molecule has 4 nitrogen and oxygen atoms in total. The molecular weight excluding hydrogens is 192 g/mol. The number of hydrogen-bond donors (Lipinski definition) is 3. The highest BCUT2D eigenvalue weighted by Crippen LogP contribution is 2.26. The van der Waals surface area contributed by atoms with Gasteiger partial charge in [0.2, 0.25) is 5.91 Å². The van der Waals surface area contributed by atoms with Crippen LogP contribution in [0.1, 0.15) is 39.0 Å². The molecule has 2 atom stereocenters. The van der Waals surface area contributed by atoms with Crippen molar-refractivity contribution < 1.29 is 9.90 Å². The standard InChI is InChI=1S/C11H22N2O2/c1-8(12)11(15)13-7-10(14)9-5-3-2-4-6-9/h8-10,14H,2-7,12H2,1H3,(H,13,15)/t8-,10?/m0/s1. The molecule has 1 aliphatic rings. The largest absolute Gasteiger partial charge is 0.391 e. The minimum atomic E-state index is -0.497. The Bertz CT molecular complexity index is 201. The molecule has 1 aliphatic carbocycles. The maximum Gasteiger partial charge on any atom is 0.236 e. The van der Waals surface area contributed by atoms with Gasteiger partial charge in [-0.2, -0.15) is 0 Å². The van der Waals surface area contributed by atoms with E-state index in [4.69, 9.17) is 5.73 Å². The maximum absolute atomic E-state index is 11.2. The molecule has 1 rings (SSSR count). The van der Waals surface area contributed by atoms with Crippen molar-refractivity contribution in [3.05, 3.63) is 0 Å². The number of aliphatic hydroxyl groups is 1. The monoisotopic (exact) mass is 214 g/mol. The van der Waals surface area contributed by atoms with Gasteiger partial charge in [0, 0.05) is 6.54 Å². The van der Waals surface area contributed by atoms with Crippen LogP contribution in [-0.4, -0.2) is 29.7 Å². The molecule has 1 saturated carbocycles. The number of hydrogen-bond acceptors (Lipinski definition) is 3. The molecule has 0 aromatic rings. The molecule has 4 heteroatoms. The normalized spacial score (nSPS) is 22.1. The fourth-order valence-electron chi connectivity index (χ4n) is 2.05. The van der Waals surface area contributed by atoms with Crippen LogP contribution >= 0.6 is 0 Å². The van der Waals surface area contributed by atoms with E-state index in [9.17, 15) is 9.90 Å². The topological polar surface area (TPSA) is 75.4 Å². The van der Waals surface area contributed by atoms with E-state index in [0.29, 0.717) is 12.5 Å². The first-order valence-corrected chi connectivity index (χ1v) is 5.82. The molecule has 1 amide bonds. The Hall–Kier alpha value is -0.610. The summed E-state index contributed by atoms with van der Waals surface area (Å²) in [7, 11) is 0. The highest BCUT2D eigenvalue weighted by molar-refractivity contribution is 5.80. The van der Waals surface area contributed by atoms with Gasteiger partial charge in [0.25, 0.3) is 0 Å². The smallest absolute Gasteiger partial charge is 0.236 e. The minimum absolute atomic E-state index is 0.190. The quantitative estimate of drug-likeness (QED) is 0.633. The summed E-state index contributed by atoms with van der Waals surface area (Å²) in [5, 5.41) is 12.5. The van der Waals surface area contributed by atoms with Crippen LogP contribution in [0.5, 0.6) is 0 Å². The number of nitrogens with two attached hydrogens (primary N) is 1. The first-order valence-electron chi connectivity index (χ1n) is 5.82. The molecule has 1 unspecified atom stereocenters. The van der Waals surface area contributed by atoms with E-state index in [2.05, 4.69) is 5.32 Å². The third-order valence-electron chi connectivity index (χ3n) is 3.09. The van der Waals surface area contributed by atoms with Crippen molar-refractivity contribution >= 4 is 5.91 Å². The van der Waals surface area contributed by atoms with Crippen molar-refractivity contribution in [3.8, 4) is 0 Å². The van der Waals surface area contributed by atoms with Gasteiger partial charge in [-0.05, 0) is 25.7 Å². The van der Waals surface area contributed by atoms with E-state index >= 15 is 0 Å². The zero-order valence-corrected chi connectivity index (χ0v) is 9.41. The van der Waals surface area contributed by atoms with Crippen molar-refractivity contribution in [2.75, 3.05) is 6.54 Å². The van der Waals surface area contributed by atoms with Crippen LogP contribution in [0.25, 0.3) is 0 Å². The van der Waals surface area contributed by atoms with Crippen LogP contribution < -0.4 is 11.1 Å². The zero-order valence-electron chi connectivity index (χ0n) is 9.41. The lowest BCUT2D eigenvalue weighted by Crippen LogP contribution is -2.43. The molecule has 88 valence electrons. The summed E-state index contributed by atoms with van der Waals surface area (Å²) in [5.41, 5.74) is 5.41. The molecular formula is C11H22N2O2. The SMILES string of the molecule is C[C@H](N)C(=O)NCC(O)C1CCCCC1. The molecule has 1 fully saturated rings. The Balaban J connectivity index is 2.22. The molecule has 0 spiro atoms. The fourth-order valence-corrected chi connectivity index (χ4v) is 2.05. The molecule has 0 aliphatic heterocycles. The third kappa shape index (κ3) is 4.18. The molecule has 0 bridgehead atoms. The van der Waals surface area contributed by atoms with Gasteiger partial charge in [0.05, 0.1) is 12.1 Å². The van der Waals surface area contributed by atoms with Gasteiger partial charge in [-0.3, -0.25) is 4.79 Å². The van der Waals surface area contributed by atoms with Crippen molar-refractivity contribution in [1.29, 1.82) is 0 Å². The number of amides is 1. The third-order valence-corrected chi connectivity index (χ3v) is 3.09. The molecule has 4 N–H and O–H groups in total. The second-order valence-electron chi connectivity index (χ2n) is 4.50. The molecule has 0 radical (unpaired) electrons. The first kappa shape index (κ1) is 12.5. The van der Waals surface area contributed by atoms with Crippen LogP contribution in [0.15, 0.2) is 0 Å². The van der Waals surface area contributed by atoms with Gasteiger partial charge in [-0.1, -0.05) is 19.3 Å². The van der Waals surface area contributed by atoms with Gasteiger partial charge in [0.15, 0.2) is 0 Å². The van der Waals surface area contributed by atoms with E-state index in [1.165, 1.54) is 19.3 Å². The van der Waals surface area contributed by atoms with Crippen molar-refractivity contribution in [2.24, 2.45) is 11.7 Å². The lowest BCUT2D eigenvalue weighted by atomic mass is 9.85. The summed E-state index contributed by atoms with van der Waals surface area (Å²) in [6.45, 7) is 1.98. The second-order valence-corrected chi connectivity index (χ2v) is 4.50. The van der Waals surface area contributed by atoms with Crippen LogP contribution in [0, 0.1) is 5.92 Å². The van der Waals surface area contributed by atoms with E-state index in [0.717, 1.165) is 12.8 Å². The van der Waals surface area contributed by atoms with E-state index < -0.39 is 12.1 Å². The van der Waals surface area contributed by atoms with Gasteiger partial charge in [-0.25, -0.2) is 0 Å². The summed E-state index contributed by atoms with van der Waals surface area (Å²) in [5.74, 6) is 0.164. The predicted molar refractivity (Wildman–Crippen MR) is 59.2 cm³/mol. The maximum atomic E-state index is 11.2. The van der Waals surface area contributed by atoms with Gasteiger partial charge >= 0.3 is 0 Å². The number of carbonyl (C=O) groups excluding carboxylic acids is 1. The predicted octanol–water partition coefficient (Wildman–Crippen LogP) is 0.391. The second kappa shape index (κ2) is 6.08. The van der Waals surface area contributed by atoms with E-state index in [-0.39, 0.29) is 5.91 Å². The van der Waals surface area contributed by atoms with Gasteiger partial charge in [0.1, 0.15) is 0 Å². The number of aliphatic hydroxyl groups excluding tert-OH is 1. The Morgan fingerprint density at radius 3 is 2.60 bits per heavy atom. The van der Waals surface area contributed by atoms with Crippen LogP contribution in [-0.2, 0) is 4.79 Å². The van der Waals surface area contributed by atoms with Crippen molar-refractivity contribution in [2.45, 2.75) is 51.2 Å². The summed E-state index contributed by atoms with van der Waals surface area (Å²) in [6.07, 6.45) is 5.42. The zero-order chi connectivity index (χ0) is 11.3.